The molecule has 4 rings (SSSR count). The van der Waals surface area contributed by atoms with Crippen LogP contribution in [0, 0.1) is 5.92 Å². The lowest BCUT2D eigenvalue weighted by Gasteiger charge is -2.14. The monoisotopic (exact) mass is 344 g/mol. The highest BCUT2D eigenvalue weighted by Crippen LogP contribution is 2.33. The number of imidazole rings is 1. The highest BCUT2D eigenvalue weighted by molar-refractivity contribution is 5.84. The van der Waals surface area contributed by atoms with E-state index in [9.17, 15) is 4.79 Å². The Labute approximate surface area is 144 Å². The molecule has 0 spiro atoms. The summed E-state index contributed by atoms with van der Waals surface area (Å²) in [6, 6.07) is 0.535. The van der Waals surface area contributed by atoms with Crippen molar-refractivity contribution in [2.45, 2.75) is 31.3 Å². The first-order valence-electron chi connectivity index (χ1n) is 8.29. The lowest BCUT2D eigenvalue weighted by atomic mass is 10.1. The number of carbonyl (C=O) groups is 1. The Morgan fingerprint density at radius 2 is 2.24 bits per heavy atom. The largest absolute Gasteiger partial charge is 0.507 e. The van der Waals surface area contributed by atoms with Crippen molar-refractivity contribution in [3.8, 4) is 0 Å². The number of hydrogen-bond donors (Lipinski definition) is 2. The number of nitrogens with one attached hydrogen (secondary N) is 1. The van der Waals surface area contributed by atoms with E-state index in [1.807, 2.05) is 10.6 Å². The first-order chi connectivity index (χ1) is 12.1. The summed E-state index contributed by atoms with van der Waals surface area (Å²) in [7, 11) is 1.30. The van der Waals surface area contributed by atoms with Crippen molar-refractivity contribution in [1.29, 1.82) is 0 Å². The second-order valence-corrected chi connectivity index (χ2v) is 6.39. The summed E-state index contributed by atoms with van der Waals surface area (Å²) in [5.74, 6) is 1.05. The molecule has 3 N–H and O–H groups in total. The van der Waals surface area contributed by atoms with Crippen molar-refractivity contribution < 1.29 is 14.3 Å². The molecular weight excluding hydrogens is 324 g/mol. The zero-order valence-corrected chi connectivity index (χ0v) is 13.9. The zero-order chi connectivity index (χ0) is 17.4. The number of allylic oxidation sites excluding steroid dienone is 1. The topological polar surface area (TPSA) is 117 Å². The maximum Gasteiger partial charge on any atom is 0.507 e. The molecule has 0 aromatic carbocycles. The fraction of sp³-hybridized carbons (Fsp3) is 0.500. The number of nitrogens with zero attached hydrogens (tertiary/aromatic N) is 4. The van der Waals surface area contributed by atoms with Crippen LogP contribution in [0.3, 0.4) is 0 Å². The number of nitrogens with two attached hydrogens (primary N) is 1. The molecule has 0 radical (unpaired) electrons. The molecule has 2 aliphatic carbocycles. The van der Waals surface area contributed by atoms with Crippen LogP contribution in [0.1, 0.15) is 25.3 Å². The van der Waals surface area contributed by atoms with Crippen LogP contribution in [0.4, 0.5) is 16.6 Å². The van der Waals surface area contributed by atoms with Crippen LogP contribution >= 0.6 is 0 Å². The van der Waals surface area contributed by atoms with E-state index >= 15 is 0 Å². The number of nitrogen functional groups attached to an aromatic ring is 1. The van der Waals surface area contributed by atoms with Crippen molar-refractivity contribution in [3.63, 3.8) is 0 Å². The molecule has 132 valence electrons. The van der Waals surface area contributed by atoms with E-state index in [4.69, 9.17) is 10.5 Å². The molecule has 9 heteroatoms. The minimum Gasteiger partial charge on any atom is -0.438 e. The SMILES string of the molecule is COC(=O)OC[C@@H]1C=C[C@H](n2cnc3c(NC4CC4)nc(N)nc32)C1. The van der Waals surface area contributed by atoms with Crippen LogP contribution in [0.25, 0.3) is 11.2 Å². The normalized spacial score (nSPS) is 22.3. The lowest BCUT2D eigenvalue weighted by molar-refractivity contribution is 0.0641. The highest BCUT2D eigenvalue weighted by atomic mass is 16.7. The van der Waals surface area contributed by atoms with Gasteiger partial charge in [-0.3, -0.25) is 0 Å². The van der Waals surface area contributed by atoms with E-state index in [2.05, 4.69) is 31.1 Å². The van der Waals surface area contributed by atoms with Gasteiger partial charge in [-0.15, -0.1) is 0 Å². The average Bonchev–Trinajstić information content (AvgIpc) is 3.12. The van der Waals surface area contributed by atoms with Crippen LogP contribution in [0.5, 0.6) is 0 Å². The van der Waals surface area contributed by atoms with Crippen molar-refractivity contribution in [2.24, 2.45) is 5.92 Å². The summed E-state index contributed by atoms with van der Waals surface area (Å²) < 4.78 is 11.5. The molecule has 0 saturated heterocycles. The summed E-state index contributed by atoms with van der Waals surface area (Å²) in [6.07, 6.45) is 8.26. The summed E-state index contributed by atoms with van der Waals surface area (Å²) in [6.45, 7) is 0.290. The molecule has 0 aliphatic heterocycles. The Bertz CT molecular complexity index is 829. The molecule has 2 aromatic heterocycles. The number of fused-ring (bicyclic) bond motifs is 1. The minimum absolute atomic E-state index is 0.0827. The standard InChI is InChI=1S/C16H20N6O3/c1-24-16(23)25-7-9-2-5-11(6-9)22-8-18-12-13(19-10-3-4-10)20-15(17)21-14(12)22/h2,5,8-11H,3-4,6-7H2,1H3,(H3,17,19,20,21)/t9-,11+/m1/s1. The smallest absolute Gasteiger partial charge is 0.438 e. The third-order valence-electron chi connectivity index (χ3n) is 4.45. The van der Waals surface area contributed by atoms with E-state index in [0.717, 1.165) is 24.8 Å². The van der Waals surface area contributed by atoms with Crippen LogP contribution in [0.15, 0.2) is 18.5 Å². The van der Waals surface area contributed by atoms with E-state index in [1.165, 1.54) is 7.11 Å². The fourth-order valence-corrected chi connectivity index (χ4v) is 3.01. The molecule has 2 heterocycles. The molecule has 25 heavy (non-hydrogen) atoms. The summed E-state index contributed by atoms with van der Waals surface area (Å²) in [5.41, 5.74) is 7.31. The second kappa shape index (κ2) is 6.23. The van der Waals surface area contributed by atoms with Gasteiger partial charge in [-0.25, -0.2) is 9.78 Å². The van der Waals surface area contributed by atoms with Crippen molar-refractivity contribution in [3.05, 3.63) is 18.5 Å². The average molecular weight is 344 g/mol. The predicted molar refractivity (Wildman–Crippen MR) is 91.0 cm³/mol. The van der Waals surface area contributed by atoms with Crippen LogP contribution in [-0.2, 0) is 9.47 Å². The Kier molecular flexibility index (Phi) is 3.90. The van der Waals surface area contributed by atoms with Crippen LogP contribution < -0.4 is 11.1 Å². The zero-order valence-electron chi connectivity index (χ0n) is 13.9. The molecular formula is C16H20N6O3. The number of methoxy groups -OCH3 is 1. The number of hydrogen-bond acceptors (Lipinski definition) is 8. The highest BCUT2D eigenvalue weighted by Gasteiger charge is 2.26. The van der Waals surface area contributed by atoms with E-state index < -0.39 is 6.16 Å². The fourth-order valence-electron chi connectivity index (χ4n) is 3.01. The van der Waals surface area contributed by atoms with Gasteiger partial charge in [-0.05, 0) is 19.3 Å². The first kappa shape index (κ1) is 15.7. The third kappa shape index (κ3) is 3.21. The van der Waals surface area contributed by atoms with Gasteiger partial charge in [0.05, 0.1) is 19.5 Å². The number of ether oxygens (including phenoxy) is 2. The van der Waals surface area contributed by atoms with Crippen molar-refractivity contribution >= 4 is 29.1 Å². The number of anilines is 2. The molecule has 2 aromatic rings. The predicted octanol–water partition coefficient (Wildman–Crippen LogP) is 1.88. The molecule has 0 amide bonds. The minimum atomic E-state index is -0.666. The van der Waals surface area contributed by atoms with Gasteiger partial charge in [0.25, 0.3) is 0 Å². The maximum absolute atomic E-state index is 11.1. The number of carbonyl (C=O) groups excluding carboxylic acids is 1. The van der Waals surface area contributed by atoms with E-state index in [0.29, 0.717) is 17.5 Å². The molecule has 9 nitrogen and oxygen atoms in total. The summed E-state index contributed by atoms with van der Waals surface area (Å²) >= 11 is 0. The molecule has 1 saturated carbocycles. The van der Waals surface area contributed by atoms with Crippen LogP contribution in [-0.4, -0.2) is 45.4 Å². The third-order valence-corrected chi connectivity index (χ3v) is 4.45. The Balaban J connectivity index is 1.53. The maximum atomic E-state index is 11.1. The van der Waals surface area contributed by atoms with Gasteiger partial charge in [-0.1, -0.05) is 12.2 Å². The Morgan fingerprint density at radius 1 is 1.40 bits per heavy atom. The number of rotatable bonds is 5. The lowest BCUT2D eigenvalue weighted by Crippen LogP contribution is -2.13. The van der Waals surface area contributed by atoms with Gasteiger partial charge in [0.1, 0.15) is 6.61 Å². The first-order valence-corrected chi connectivity index (χ1v) is 8.29. The molecule has 1 fully saturated rings. The second-order valence-electron chi connectivity index (χ2n) is 6.39. The molecule has 0 unspecified atom stereocenters. The van der Waals surface area contributed by atoms with Gasteiger partial charge >= 0.3 is 6.16 Å². The Hall–Kier alpha value is -2.84. The Morgan fingerprint density at radius 3 is 3.00 bits per heavy atom. The van der Waals surface area contributed by atoms with Crippen LogP contribution in [0.2, 0.25) is 0 Å². The van der Waals surface area contributed by atoms with Gasteiger partial charge in [0.15, 0.2) is 17.0 Å². The quantitative estimate of drug-likeness (QED) is 0.624. The molecule has 2 aliphatic rings. The van der Waals surface area contributed by atoms with Gasteiger partial charge < -0.3 is 25.1 Å². The van der Waals surface area contributed by atoms with Crippen molar-refractivity contribution in [2.75, 3.05) is 24.8 Å². The van der Waals surface area contributed by atoms with Crippen molar-refractivity contribution in [1.82, 2.24) is 19.5 Å². The molecule has 2 atom stereocenters. The van der Waals surface area contributed by atoms with Gasteiger partial charge in [-0.2, -0.15) is 9.97 Å². The van der Waals surface area contributed by atoms with Gasteiger partial charge in [0.2, 0.25) is 5.95 Å². The van der Waals surface area contributed by atoms with E-state index in [-0.39, 0.29) is 24.5 Å². The molecule has 0 bridgehead atoms. The number of aromatic nitrogens is 4. The summed E-state index contributed by atoms with van der Waals surface area (Å²) in [5, 5.41) is 3.36. The van der Waals surface area contributed by atoms with Gasteiger partial charge in [0, 0.05) is 12.0 Å². The van der Waals surface area contributed by atoms with E-state index in [1.54, 1.807) is 6.33 Å². The summed E-state index contributed by atoms with van der Waals surface area (Å²) in [4.78, 5) is 24.2.